The van der Waals surface area contributed by atoms with Crippen molar-refractivity contribution in [2.24, 2.45) is 0 Å². The van der Waals surface area contributed by atoms with Crippen molar-refractivity contribution in [3.63, 3.8) is 0 Å². The molecule has 1 aromatic rings. The highest BCUT2D eigenvalue weighted by atomic mass is 16.7. The lowest BCUT2D eigenvalue weighted by Crippen LogP contribution is -2.11. The zero-order valence-electron chi connectivity index (χ0n) is 15.6. The van der Waals surface area contributed by atoms with Crippen LogP contribution in [0.3, 0.4) is 0 Å². The lowest BCUT2D eigenvalue weighted by atomic mass is 10.1. The summed E-state index contributed by atoms with van der Waals surface area (Å²) < 4.78 is 16.4. The van der Waals surface area contributed by atoms with Gasteiger partial charge >= 0.3 is 5.97 Å². The van der Waals surface area contributed by atoms with Crippen molar-refractivity contribution in [2.45, 2.75) is 63.9 Å². The standard InChI is InChI=1S/C22H30O4/c1-3-5-6-7-8-9-10-11-13-22(23)26-19(12-4-2)18-14-15-20-21(16-18)25-17-24-20/h3-4,14-16,19H,1-2,5-13,17H2/t19-/m1/s1. The van der Waals surface area contributed by atoms with Gasteiger partial charge in [0.1, 0.15) is 6.10 Å². The Balaban J connectivity index is 1.72. The van der Waals surface area contributed by atoms with Crippen LogP contribution in [0.1, 0.15) is 69.5 Å². The smallest absolute Gasteiger partial charge is 0.306 e. The van der Waals surface area contributed by atoms with Crippen molar-refractivity contribution < 1.29 is 19.0 Å². The molecule has 0 saturated carbocycles. The van der Waals surface area contributed by atoms with E-state index in [0.717, 1.165) is 30.6 Å². The maximum atomic E-state index is 12.2. The predicted molar refractivity (Wildman–Crippen MR) is 103 cm³/mol. The van der Waals surface area contributed by atoms with Crippen molar-refractivity contribution in [3.8, 4) is 11.5 Å². The Morgan fingerprint density at radius 1 is 1.04 bits per heavy atom. The lowest BCUT2D eigenvalue weighted by molar-refractivity contribution is -0.149. The van der Waals surface area contributed by atoms with Gasteiger partial charge < -0.3 is 14.2 Å². The monoisotopic (exact) mass is 358 g/mol. The molecule has 0 spiro atoms. The van der Waals surface area contributed by atoms with Gasteiger partial charge in [-0.2, -0.15) is 0 Å². The van der Waals surface area contributed by atoms with Crippen molar-refractivity contribution in [2.75, 3.05) is 6.79 Å². The van der Waals surface area contributed by atoms with E-state index in [2.05, 4.69) is 13.2 Å². The summed E-state index contributed by atoms with van der Waals surface area (Å²) >= 11 is 0. The number of carbonyl (C=O) groups is 1. The molecule has 0 saturated heterocycles. The number of esters is 1. The third-order valence-electron chi connectivity index (χ3n) is 4.46. The van der Waals surface area contributed by atoms with E-state index < -0.39 is 0 Å². The Morgan fingerprint density at radius 2 is 1.77 bits per heavy atom. The zero-order valence-corrected chi connectivity index (χ0v) is 15.6. The molecule has 0 aromatic heterocycles. The average Bonchev–Trinajstić information content (AvgIpc) is 3.11. The summed E-state index contributed by atoms with van der Waals surface area (Å²) in [5.41, 5.74) is 0.907. The minimum absolute atomic E-state index is 0.152. The Hall–Kier alpha value is -2.23. The number of unbranched alkanes of at least 4 members (excludes halogenated alkanes) is 6. The van der Waals surface area contributed by atoms with Crippen LogP contribution in [0.4, 0.5) is 0 Å². The van der Waals surface area contributed by atoms with Gasteiger partial charge in [-0.3, -0.25) is 4.79 Å². The van der Waals surface area contributed by atoms with Gasteiger partial charge in [-0.05, 0) is 37.0 Å². The fourth-order valence-electron chi connectivity index (χ4n) is 3.00. The molecule has 4 heteroatoms. The highest BCUT2D eigenvalue weighted by molar-refractivity contribution is 5.69. The first-order valence-corrected chi connectivity index (χ1v) is 9.55. The largest absolute Gasteiger partial charge is 0.457 e. The van der Waals surface area contributed by atoms with Crippen molar-refractivity contribution in [1.29, 1.82) is 0 Å². The normalized spacial score (nSPS) is 13.2. The summed E-state index contributed by atoms with van der Waals surface area (Å²) in [6, 6.07) is 5.65. The number of ether oxygens (including phenoxy) is 3. The molecule has 142 valence electrons. The van der Waals surface area contributed by atoms with E-state index in [1.807, 2.05) is 24.3 Å². The van der Waals surface area contributed by atoms with Crippen LogP contribution in [0.15, 0.2) is 43.5 Å². The first-order chi connectivity index (χ1) is 12.7. The second-order valence-corrected chi connectivity index (χ2v) is 6.56. The summed E-state index contributed by atoms with van der Waals surface area (Å²) in [5.74, 6) is 1.27. The Bertz CT molecular complexity index is 594. The Labute approximate surface area is 156 Å². The summed E-state index contributed by atoms with van der Waals surface area (Å²) in [6.45, 7) is 7.74. The third kappa shape index (κ3) is 6.58. The summed E-state index contributed by atoms with van der Waals surface area (Å²) in [4.78, 5) is 12.2. The molecule has 1 heterocycles. The van der Waals surface area contributed by atoms with Gasteiger partial charge in [0.15, 0.2) is 11.5 Å². The highest BCUT2D eigenvalue weighted by Crippen LogP contribution is 2.36. The maximum Gasteiger partial charge on any atom is 0.306 e. The number of allylic oxidation sites excluding steroid dienone is 1. The van der Waals surface area contributed by atoms with Gasteiger partial charge in [-0.1, -0.05) is 43.9 Å². The molecule has 1 aromatic carbocycles. The van der Waals surface area contributed by atoms with Gasteiger partial charge in [0.25, 0.3) is 0 Å². The molecule has 1 aliphatic rings. The Morgan fingerprint density at radius 3 is 2.54 bits per heavy atom. The minimum atomic E-state index is -0.326. The van der Waals surface area contributed by atoms with E-state index in [1.165, 1.54) is 25.7 Å². The van der Waals surface area contributed by atoms with Crippen LogP contribution in [-0.4, -0.2) is 12.8 Å². The molecular formula is C22H30O4. The molecule has 0 radical (unpaired) electrons. The van der Waals surface area contributed by atoms with Gasteiger partial charge in [0, 0.05) is 12.8 Å². The lowest BCUT2D eigenvalue weighted by Gasteiger charge is -2.17. The van der Waals surface area contributed by atoms with E-state index in [4.69, 9.17) is 14.2 Å². The molecule has 4 nitrogen and oxygen atoms in total. The van der Waals surface area contributed by atoms with Crippen LogP contribution in [0, 0.1) is 0 Å². The number of hydrogen-bond donors (Lipinski definition) is 0. The van der Waals surface area contributed by atoms with Crippen LogP contribution in [-0.2, 0) is 9.53 Å². The molecular weight excluding hydrogens is 328 g/mol. The molecule has 0 bridgehead atoms. The number of benzene rings is 1. The summed E-state index contributed by atoms with van der Waals surface area (Å²) in [7, 11) is 0. The number of carbonyl (C=O) groups excluding carboxylic acids is 1. The van der Waals surface area contributed by atoms with Gasteiger partial charge in [0.05, 0.1) is 0 Å². The van der Waals surface area contributed by atoms with Crippen LogP contribution < -0.4 is 9.47 Å². The highest BCUT2D eigenvalue weighted by Gasteiger charge is 2.20. The fourth-order valence-corrected chi connectivity index (χ4v) is 3.00. The third-order valence-corrected chi connectivity index (χ3v) is 4.46. The molecule has 0 N–H and O–H groups in total. The summed E-state index contributed by atoms with van der Waals surface area (Å²) in [6.07, 6.45) is 12.3. The second-order valence-electron chi connectivity index (χ2n) is 6.56. The fraction of sp³-hybridized carbons (Fsp3) is 0.500. The molecule has 0 unspecified atom stereocenters. The van der Waals surface area contributed by atoms with Crippen LogP contribution in [0.5, 0.6) is 11.5 Å². The van der Waals surface area contributed by atoms with Crippen LogP contribution in [0.25, 0.3) is 0 Å². The predicted octanol–water partition coefficient (Wildman–Crippen LogP) is 5.88. The Kier molecular flexibility index (Phi) is 8.81. The second kappa shape index (κ2) is 11.4. The quantitative estimate of drug-likeness (QED) is 0.251. The number of hydrogen-bond acceptors (Lipinski definition) is 4. The van der Waals surface area contributed by atoms with Gasteiger partial charge in [-0.15, -0.1) is 13.2 Å². The molecule has 0 fully saturated rings. The topological polar surface area (TPSA) is 44.8 Å². The SMILES string of the molecule is C=CCCCCCCCCC(=O)O[C@H](CC=C)c1ccc2c(c1)OCO2. The van der Waals surface area contributed by atoms with E-state index in [9.17, 15) is 4.79 Å². The van der Waals surface area contributed by atoms with Crippen LogP contribution in [0.2, 0.25) is 0 Å². The zero-order chi connectivity index (χ0) is 18.6. The molecule has 2 rings (SSSR count). The molecule has 1 aliphatic heterocycles. The summed E-state index contributed by atoms with van der Waals surface area (Å²) in [5, 5.41) is 0. The van der Waals surface area contributed by atoms with E-state index in [1.54, 1.807) is 6.08 Å². The van der Waals surface area contributed by atoms with Gasteiger partial charge in [-0.25, -0.2) is 0 Å². The van der Waals surface area contributed by atoms with E-state index in [-0.39, 0.29) is 18.9 Å². The molecule has 1 atom stereocenters. The van der Waals surface area contributed by atoms with Crippen molar-refractivity contribution in [1.82, 2.24) is 0 Å². The van der Waals surface area contributed by atoms with E-state index in [0.29, 0.717) is 18.6 Å². The minimum Gasteiger partial charge on any atom is -0.457 e. The van der Waals surface area contributed by atoms with Crippen molar-refractivity contribution >= 4 is 5.97 Å². The number of fused-ring (bicyclic) bond motifs is 1. The first-order valence-electron chi connectivity index (χ1n) is 9.55. The maximum absolute atomic E-state index is 12.2. The number of rotatable bonds is 13. The molecule has 0 amide bonds. The molecule has 0 aliphatic carbocycles. The van der Waals surface area contributed by atoms with Gasteiger partial charge in [0.2, 0.25) is 6.79 Å². The molecule has 26 heavy (non-hydrogen) atoms. The average molecular weight is 358 g/mol. The van der Waals surface area contributed by atoms with Crippen LogP contribution >= 0.6 is 0 Å². The van der Waals surface area contributed by atoms with E-state index >= 15 is 0 Å². The van der Waals surface area contributed by atoms with Crippen molar-refractivity contribution in [3.05, 3.63) is 49.1 Å². The first kappa shape index (κ1) is 20.1.